The molecular weight excluding hydrogens is 1560 g/mol. The van der Waals surface area contributed by atoms with Crippen LogP contribution in [0.2, 0.25) is 0 Å². The Bertz CT molecular complexity index is 4300. The summed E-state index contributed by atoms with van der Waals surface area (Å²) in [6, 6.07) is 85.6. The minimum atomic E-state index is -5.56. The van der Waals surface area contributed by atoms with Gasteiger partial charge in [-0.25, -0.2) is 4.57 Å². The lowest BCUT2D eigenvalue weighted by Gasteiger charge is -2.51. The van der Waals surface area contributed by atoms with Gasteiger partial charge >= 0.3 is 7.82 Å². The second-order valence-corrected chi connectivity index (χ2v) is 31.0. The van der Waals surface area contributed by atoms with Crippen molar-refractivity contribution in [2.75, 3.05) is 53.2 Å². The van der Waals surface area contributed by atoms with E-state index in [2.05, 4.69) is 25.7 Å². The molecular formula is C94H114NO24P. The molecule has 1 unspecified atom stereocenters. The molecule has 4 saturated heterocycles. The fourth-order valence-corrected chi connectivity index (χ4v) is 15.4. The van der Waals surface area contributed by atoms with Crippen molar-refractivity contribution < 1.29 is 115 Å². The molecule has 21 atom stereocenters. The van der Waals surface area contributed by atoms with Crippen LogP contribution in [0.25, 0.3) is 0 Å². The largest absolute Gasteiger partial charge is 0.474 e. The number of benzene rings is 9. The van der Waals surface area contributed by atoms with Gasteiger partial charge in [0.2, 0.25) is 0 Å². The van der Waals surface area contributed by atoms with Crippen molar-refractivity contribution in [3.05, 3.63) is 323 Å². The number of aliphatic hydroxyl groups is 4. The summed E-state index contributed by atoms with van der Waals surface area (Å²) in [5.74, 6) is 0. The molecule has 120 heavy (non-hydrogen) atoms. The van der Waals surface area contributed by atoms with Crippen molar-refractivity contribution in [2.24, 2.45) is 0 Å². The van der Waals surface area contributed by atoms with Gasteiger partial charge in [-0.3, -0.25) is 9.05 Å². The molecule has 0 radical (unpaired) electrons. The first-order chi connectivity index (χ1) is 58.7. The Labute approximate surface area is 703 Å². The molecule has 0 spiro atoms. The second kappa shape index (κ2) is 48.3. The normalized spacial score (nSPS) is 27.4. The number of hydrogen-bond donors (Lipinski definition) is 5. The summed E-state index contributed by atoms with van der Waals surface area (Å²) in [6.07, 6.45) is -29.7. The van der Waals surface area contributed by atoms with Gasteiger partial charge < -0.3 is 106 Å². The van der Waals surface area contributed by atoms with Gasteiger partial charge in [0, 0.05) is 7.11 Å². The maximum Gasteiger partial charge on any atom is 0.474 e. The van der Waals surface area contributed by atoms with Gasteiger partial charge in [0.25, 0.3) is 0 Å². The molecule has 0 saturated carbocycles. The highest BCUT2D eigenvalue weighted by Gasteiger charge is 2.59. The Morgan fingerprint density at radius 3 is 0.875 bits per heavy atom. The lowest BCUT2D eigenvalue weighted by atomic mass is 9.95. The Kier molecular flexibility index (Phi) is 36.8. The van der Waals surface area contributed by atoms with Crippen LogP contribution < -0.4 is 0 Å². The summed E-state index contributed by atoms with van der Waals surface area (Å²) < 4.78 is 138. The van der Waals surface area contributed by atoms with E-state index in [4.69, 9.17) is 84.8 Å². The zero-order chi connectivity index (χ0) is 83.7. The molecule has 25 nitrogen and oxygen atoms in total. The van der Waals surface area contributed by atoms with Crippen molar-refractivity contribution in [2.45, 2.75) is 203 Å². The Morgan fingerprint density at radius 2 is 0.558 bits per heavy atom. The SMILES string of the molecule is CCN(CC)CC.CO[C@H]1O[C@H](COP(=O)(O)O[C@H]2O[C@H](COCc3ccccc3)[C@@H](OCc3ccccc3)[C@H](OCc3ccccc3)[C@@H]2O[C@@H]2O[C@H](COCc3ccccc3)[C@@H](OCc3ccccc3)[C@H](OCc3ccccc3)[C@@H]2O[C@@H]2O[C@H](COCc3ccccc3)[C@@H](OCc3ccccc3)[C@H](OCc3ccccc3)[C@@H]2O)[C@@H](O)[C@H](O)[C@@H]1O. The third kappa shape index (κ3) is 27.4. The smallest absolute Gasteiger partial charge is 0.387 e. The highest BCUT2D eigenvalue weighted by molar-refractivity contribution is 7.47. The third-order valence-electron chi connectivity index (χ3n) is 21.2. The van der Waals surface area contributed by atoms with Crippen LogP contribution >= 0.6 is 7.82 Å². The molecule has 5 N–H and O–H groups in total. The zero-order valence-corrected chi connectivity index (χ0v) is 69.1. The van der Waals surface area contributed by atoms with E-state index < -0.39 is 137 Å². The highest BCUT2D eigenvalue weighted by atomic mass is 31.2. The molecule has 0 amide bonds. The number of phosphoric ester groups is 1. The van der Waals surface area contributed by atoms with Crippen LogP contribution in [0.1, 0.15) is 70.8 Å². The van der Waals surface area contributed by atoms with Gasteiger partial charge in [-0.1, -0.05) is 294 Å². The van der Waals surface area contributed by atoms with E-state index in [9.17, 15) is 25.3 Å². The summed E-state index contributed by atoms with van der Waals surface area (Å²) in [6.45, 7) is 9.02. The molecule has 0 aliphatic carbocycles. The van der Waals surface area contributed by atoms with Crippen LogP contribution in [0.15, 0.2) is 273 Å². The number of ether oxygens (including phenoxy) is 16. The van der Waals surface area contributed by atoms with Crippen molar-refractivity contribution in [3.63, 3.8) is 0 Å². The molecule has 9 aromatic rings. The van der Waals surface area contributed by atoms with E-state index in [1.807, 2.05) is 273 Å². The lowest BCUT2D eigenvalue weighted by Crippen LogP contribution is -2.68. The fraction of sp³-hybridized carbons (Fsp3) is 0.426. The van der Waals surface area contributed by atoms with E-state index in [1.54, 1.807) is 0 Å². The first kappa shape index (κ1) is 91.5. The standard InChI is InChI=1S/C88H99O24P.C6H15N/c1-95-85-75(91)74(90)73(89)69(106-85)59-105-113(93,94)112-88-84(82(104-55-68-45-27-10-28-46-68)79(101-52-65-39-21-7-22-40-65)72(109-88)58-98-49-62-33-15-4-16-34-62)111-87-83(81(103-54-67-43-25-9-26-44-67)78(100-51-64-37-19-6-20-38-64)71(108-87)57-97-48-61-31-13-3-14-32-61)110-86-76(92)80(102-53-66-41-23-8-24-42-66)77(99-50-63-35-17-5-18-36-63)70(107-86)56-96-47-60-29-11-2-12-30-60;1-4-7(5-2)6-3/h2-46,69-92H,47-59H2,1H3,(H,93,94);4-6H2,1-3H3/t69-,70-,71-,72-,73-,74+,75+,76+,77-,78-,79-,80-,81+,82+,83+,84+,85+,86+,87+,88-;/m1./s1. The molecule has 644 valence electrons. The van der Waals surface area contributed by atoms with Crippen molar-refractivity contribution in [1.29, 1.82) is 0 Å². The van der Waals surface area contributed by atoms with Crippen molar-refractivity contribution in [3.8, 4) is 0 Å². The average Bonchev–Trinajstić information content (AvgIpc) is 0.756. The van der Waals surface area contributed by atoms with E-state index in [0.717, 1.165) is 44.5 Å². The Balaban J connectivity index is 0.00000180. The number of nitrogens with zero attached hydrogens (tertiary/aromatic N) is 1. The summed E-state index contributed by atoms with van der Waals surface area (Å²) in [5.41, 5.74) is 7.22. The van der Waals surface area contributed by atoms with Crippen molar-refractivity contribution >= 4 is 7.82 Å². The maximum atomic E-state index is 15.2. The number of rotatable bonds is 43. The molecule has 0 aromatic heterocycles. The quantitative estimate of drug-likeness (QED) is 0.0222. The van der Waals surface area contributed by atoms with Crippen LogP contribution in [0.4, 0.5) is 0 Å². The number of hydrogen-bond acceptors (Lipinski definition) is 24. The number of aliphatic hydroxyl groups excluding tert-OH is 4. The summed E-state index contributed by atoms with van der Waals surface area (Å²) in [4.78, 5) is 14.7. The Morgan fingerprint density at radius 1 is 0.292 bits per heavy atom. The summed E-state index contributed by atoms with van der Waals surface area (Å²) >= 11 is 0. The van der Waals surface area contributed by atoms with Crippen molar-refractivity contribution in [1.82, 2.24) is 4.90 Å². The Hall–Kier alpha value is -7.75. The van der Waals surface area contributed by atoms with E-state index >= 15 is 4.57 Å². The maximum absolute atomic E-state index is 15.2. The lowest BCUT2D eigenvalue weighted by molar-refractivity contribution is -0.401. The highest BCUT2D eigenvalue weighted by Crippen LogP contribution is 2.49. The predicted molar refractivity (Wildman–Crippen MR) is 444 cm³/mol. The first-order valence-corrected chi connectivity index (χ1v) is 42.6. The minimum absolute atomic E-state index is 0.0169. The molecule has 9 aromatic carbocycles. The van der Waals surface area contributed by atoms with Gasteiger partial charge in [0.05, 0.1) is 85.9 Å². The third-order valence-corrected chi connectivity index (χ3v) is 22.1. The summed E-state index contributed by atoms with van der Waals surface area (Å²) in [7, 11) is -4.34. The van der Waals surface area contributed by atoms with Gasteiger partial charge in [-0.05, 0) is 69.7 Å². The molecule has 4 aliphatic rings. The fourth-order valence-electron chi connectivity index (χ4n) is 14.6. The van der Waals surface area contributed by atoms with Crippen LogP contribution in [-0.2, 0) is 149 Å². The van der Waals surface area contributed by atoms with Gasteiger partial charge in [0.15, 0.2) is 25.2 Å². The molecule has 4 fully saturated rings. The van der Waals surface area contributed by atoms with Crippen LogP contribution in [-0.4, -0.2) is 206 Å². The van der Waals surface area contributed by atoms with Gasteiger partial charge in [-0.15, -0.1) is 0 Å². The first-order valence-electron chi connectivity index (χ1n) is 41.1. The van der Waals surface area contributed by atoms with E-state index in [-0.39, 0.29) is 79.3 Å². The van der Waals surface area contributed by atoms with Crippen LogP contribution in [0, 0.1) is 0 Å². The zero-order valence-electron chi connectivity index (χ0n) is 68.2. The number of phosphoric acid groups is 1. The number of methoxy groups -OCH3 is 1. The molecule has 0 bridgehead atoms. The average molecular weight is 1670 g/mol. The summed E-state index contributed by atoms with van der Waals surface area (Å²) in [5, 5.41) is 46.4. The van der Waals surface area contributed by atoms with Crippen LogP contribution in [0.5, 0.6) is 0 Å². The minimum Gasteiger partial charge on any atom is -0.387 e. The van der Waals surface area contributed by atoms with Gasteiger partial charge in [-0.2, -0.15) is 0 Å². The second-order valence-electron chi connectivity index (χ2n) is 29.6. The molecule has 26 heteroatoms. The van der Waals surface area contributed by atoms with Crippen LogP contribution in [0.3, 0.4) is 0 Å². The molecule has 4 heterocycles. The molecule has 13 rings (SSSR count). The topological polar surface area (TPSA) is 288 Å². The predicted octanol–water partition coefficient (Wildman–Crippen LogP) is 12.4. The molecule has 4 aliphatic heterocycles. The monoisotopic (exact) mass is 1670 g/mol. The van der Waals surface area contributed by atoms with E-state index in [1.165, 1.54) is 26.7 Å². The van der Waals surface area contributed by atoms with Gasteiger partial charge in [0.1, 0.15) is 97.7 Å². The van der Waals surface area contributed by atoms with E-state index in [0.29, 0.717) is 5.56 Å².